The number of nitrogens with zero attached hydrogens (tertiary/aromatic N) is 2. The van der Waals surface area contributed by atoms with Gasteiger partial charge in [-0.15, -0.1) is 0 Å². The minimum Gasteiger partial charge on any atom is -0.311 e. The molecule has 1 aromatic heterocycles. The summed E-state index contributed by atoms with van der Waals surface area (Å²) < 4.78 is 14.8. The first-order valence-electron chi connectivity index (χ1n) is 5.70. The number of aldehydes is 1. The number of carbonyl (C=O) groups excluding carboxylic acids is 1. The molecule has 0 saturated carbocycles. The quantitative estimate of drug-likeness (QED) is 0.485. The molecule has 100 valence electrons. The number of non-ortho nitro benzene ring substituents is 1. The van der Waals surface area contributed by atoms with Gasteiger partial charge >= 0.3 is 0 Å². The Morgan fingerprint density at radius 1 is 1.32 bits per heavy atom. The zero-order valence-corrected chi connectivity index (χ0v) is 10.5. The van der Waals surface area contributed by atoms with Crippen LogP contribution in [-0.4, -0.2) is 15.8 Å². The Kier molecular flexibility index (Phi) is 4.93. The summed E-state index contributed by atoms with van der Waals surface area (Å²) in [6.07, 6.45) is 2.02. The van der Waals surface area contributed by atoms with E-state index in [1.165, 1.54) is 16.8 Å². The van der Waals surface area contributed by atoms with Crippen molar-refractivity contribution in [3.05, 3.63) is 58.2 Å². The fourth-order valence-electron chi connectivity index (χ4n) is 1.51. The Hall–Kier alpha value is -2.50. The van der Waals surface area contributed by atoms with Gasteiger partial charge < -0.3 is 4.57 Å². The first-order valence-corrected chi connectivity index (χ1v) is 5.70. The van der Waals surface area contributed by atoms with Crippen molar-refractivity contribution in [3.63, 3.8) is 0 Å². The molecule has 0 saturated heterocycles. The number of carbonyl (C=O) groups is 1. The first kappa shape index (κ1) is 14.6. The Balaban J connectivity index is 0.000000861. The van der Waals surface area contributed by atoms with Crippen LogP contribution in [0.5, 0.6) is 0 Å². The van der Waals surface area contributed by atoms with Gasteiger partial charge in [-0.1, -0.05) is 13.8 Å². The first-order chi connectivity index (χ1) is 9.13. The van der Waals surface area contributed by atoms with E-state index in [0.717, 1.165) is 18.2 Å². The third kappa shape index (κ3) is 3.04. The molecule has 0 atom stereocenters. The lowest BCUT2D eigenvalue weighted by molar-refractivity contribution is -0.384. The fraction of sp³-hybridized carbons (Fsp3) is 0.154. The van der Waals surface area contributed by atoms with Crippen LogP contribution in [0.2, 0.25) is 0 Å². The third-order valence-electron chi connectivity index (χ3n) is 2.30. The van der Waals surface area contributed by atoms with Crippen molar-refractivity contribution >= 4 is 12.0 Å². The molecule has 0 aliphatic rings. The van der Waals surface area contributed by atoms with Gasteiger partial charge in [-0.25, -0.2) is 4.39 Å². The van der Waals surface area contributed by atoms with Gasteiger partial charge in [0.15, 0.2) is 6.29 Å². The second-order valence-electron chi connectivity index (χ2n) is 3.31. The van der Waals surface area contributed by atoms with Crippen molar-refractivity contribution in [2.45, 2.75) is 13.8 Å². The maximum atomic E-state index is 13.6. The predicted molar refractivity (Wildman–Crippen MR) is 69.1 cm³/mol. The number of hydrogen-bond donors (Lipinski definition) is 0. The van der Waals surface area contributed by atoms with Crippen LogP contribution >= 0.6 is 0 Å². The van der Waals surface area contributed by atoms with E-state index in [9.17, 15) is 19.3 Å². The zero-order valence-electron chi connectivity index (χ0n) is 10.5. The van der Waals surface area contributed by atoms with Gasteiger partial charge in [0.05, 0.1) is 16.3 Å². The molecule has 19 heavy (non-hydrogen) atoms. The van der Waals surface area contributed by atoms with E-state index < -0.39 is 10.7 Å². The minimum absolute atomic E-state index is 0.0219. The third-order valence-corrected chi connectivity index (χ3v) is 2.30. The second-order valence-corrected chi connectivity index (χ2v) is 3.31. The van der Waals surface area contributed by atoms with Crippen LogP contribution in [-0.2, 0) is 0 Å². The second kappa shape index (κ2) is 6.44. The zero-order chi connectivity index (χ0) is 14.4. The molecule has 2 rings (SSSR count). The number of nitro groups is 1. The van der Waals surface area contributed by atoms with Gasteiger partial charge in [-0.3, -0.25) is 14.9 Å². The highest BCUT2D eigenvalue weighted by Crippen LogP contribution is 2.21. The van der Waals surface area contributed by atoms with E-state index in [4.69, 9.17) is 0 Å². The van der Waals surface area contributed by atoms with Crippen LogP contribution in [0.15, 0.2) is 36.5 Å². The lowest BCUT2D eigenvalue weighted by Crippen LogP contribution is -2.01. The normalized spacial score (nSPS) is 9.42. The molecule has 6 heteroatoms. The summed E-state index contributed by atoms with van der Waals surface area (Å²) >= 11 is 0. The van der Waals surface area contributed by atoms with Crippen molar-refractivity contribution in [1.82, 2.24) is 4.57 Å². The Morgan fingerprint density at radius 2 is 2.00 bits per heavy atom. The van der Waals surface area contributed by atoms with Crippen molar-refractivity contribution < 1.29 is 14.1 Å². The van der Waals surface area contributed by atoms with E-state index in [0.29, 0.717) is 6.29 Å². The molecule has 5 nitrogen and oxygen atoms in total. The van der Waals surface area contributed by atoms with Gasteiger partial charge in [-0.05, 0) is 18.2 Å². The number of rotatable bonds is 3. The summed E-state index contributed by atoms with van der Waals surface area (Å²) in [4.78, 5) is 20.7. The molecular weight excluding hydrogens is 251 g/mol. The molecule has 0 aliphatic heterocycles. The molecule has 0 spiro atoms. The molecule has 0 fully saturated rings. The highest BCUT2D eigenvalue weighted by atomic mass is 19.1. The largest absolute Gasteiger partial charge is 0.311 e. The van der Waals surface area contributed by atoms with Gasteiger partial charge in [0.2, 0.25) is 0 Å². The summed E-state index contributed by atoms with van der Waals surface area (Å²) in [5.74, 6) is -0.630. The van der Waals surface area contributed by atoms with Gasteiger partial charge in [-0.2, -0.15) is 0 Å². The highest BCUT2D eigenvalue weighted by Gasteiger charge is 2.13. The van der Waals surface area contributed by atoms with E-state index in [-0.39, 0.29) is 17.1 Å². The molecule has 1 heterocycles. The van der Waals surface area contributed by atoms with Crippen LogP contribution in [0.1, 0.15) is 24.3 Å². The highest BCUT2D eigenvalue weighted by molar-refractivity contribution is 5.74. The lowest BCUT2D eigenvalue weighted by Gasteiger charge is -2.06. The minimum atomic E-state index is -0.630. The van der Waals surface area contributed by atoms with E-state index >= 15 is 0 Å². The fourth-order valence-corrected chi connectivity index (χ4v) is 1.51. The number of nitro benzene ring substituents is 1. The topological polar surface area (TPSA) is 65.1 Å². The van der Waals surface area contributed by atoms with Crippen molar-refractivity contribution in [2.75, 3.05) is 0 Å². The lowest BCUT2D eigenvalue weighted by atomic mass is 10.2. The van der Waals surface area contributed by atoms with Crippen LogP contribution in [0.4, 0.5) is 10.1 Å². The van der Waals surface area contributed by atoms with Crippen molar-refractivity contribution in [3.8, 4) is 5.69 Å². The summed E-state index contributed by atoms with van der Waals surface area (Å²) in [7, 11) is 0. The van der Waals surface area contributed by atoms with Crippen molar-refractivity contribution in [1.29, 1.82) is 0 Å². The Morgan fingerprint density at radius 3 is 2.58 bits per heavy atom. The summed E-state index contributed by atoms with van der Waals surface area (Å²) in [6, 6.07) is 6.21. The van der Waals surface area contributed by atoms with Crippen LogP contribution in [0, 0.1) is 15.9 Å². The Bertz CT molecular complexity index is 593. The molecule has 0 amide bonds. The monoisotopic (exact) mass is 264 g/mol. The summed E-state index contributed by atoms with van der Waals surface area (Å²) in [5, 5.41) is 10.6. The molecule has 1 aromatic carbocycles. The van der Waals surface area contributed by atoms with Gasteiger partial charge in [0.25, 0.3) is 5.69 Å². The van der Waals surface area contributed by atoms with E-state index in [2.05, 4.69) is 0 Å². The molecule has 0 unspecified atom stereocenters. The Labute approximate surface area is 109 Å². The molecule has 0 bridgehead atoms. The maximum absolute atomic E-state index is 13.6. The average molecular weight is 264 g/mol. The molecule has 0 radical (unpaired) electrons. The predicted octanol–water partition coefficient (Wildman–Crippen LogP) is 3.36. The van der Waals surface area contributed by atoms with E-state index in [1.807, 2.05) is 13.8 Å². The maximum Gasteiger partial charge on any atom is 0.271 e. The molecule has 0 N–H and O–H groups in total. The smallest absolute Gasteiger partial charge is 0.271 e. The van der Waals surface area contributed by atoms with Crippen molar-refractivity contribution in [2.24, 2.45) is 0 Å². The standard InChI is InChI=1S/C11H7FN2O3.C2H6/c12-10-4-3-8(14(16)17)6-11(10)13-5-1-2-9(13)7-15;1-2/h1-7H;1-2H3. The SMILES string of the molecule is CC.O=Cc1cccn1-c1cc([N+](=O)[O-])ccc1F. The molecular formula is C13H13FN2O3. The summed E-state index contributed by atoms with van der Waals surface area (Å²) in [5.41, 5.74) is -0.0253. The summed E-state index contributed by atoms with van der Waals surface area (Å²) in [6.45, 7) is 4.00. The number of benzene rings is 1. The van der Waals surface area contributed by atoms with Gasteiger partial charge in [0.1, 0.15) is 5.82 Å². The van der Waals surface area contributed by atoms with Gasteiger partial charge in [0, 0.05) is 18.3 Å². The molecule has 2 aromatic rings. The van der Waals surface area contributed by atoms with Crippen LogP contribution in [0.3, 0.4) is 0 Å². The number of aromatic nitrogens is 1. The number of hydrogen-bond acceptors (Lipinski definition) is 3. The average Bonchev–Trinajstić information content (AvgIpc) is 2.89. The number of halogens is 1. The van der Waals surface area contributed by atoms with Crippen LogP contribution < -0.4 is 0 Å². The van der Waals surface area contributed by atoms with E-state index in [1.54, 1.807) is 6.07 Å². The van der Waals surface area contributed by atoms with Crippen LogP contribution in [0.25, 0.3) is 5.69 Å². The molecule has 0 aliphatic carbocycles.